The standard InChI is InChI=1S/C10H15N3O2S/c14-9(15)4-3-8-2-1-5-13(6-8)10-11-7-12-16-10/h7-8H,1-6H2,(H,14,15). The molecule has 0 spiro atoms. The van der Waals surface area contributed by atoms with Gasteiger partial charge in [-0.1, -0.05) is 0 Å². The summed E-state index contributed by atoms with van der Waals surface area (Å²) in [6.45, 7) is 1.93. The Balaban J connectivity index is 1.87. The topological polar surface area (TPSA) is 66.3 Å². The number of aliphatic carboxylic acids is 1. The van der Waals surface area contributed by atoms with E-state index in [4.69, 9.17) is 5.11 Å². The van der Waals surface area contributed by atoms with Crippen molar-refractivity contribution in [3.05, 3.63) is 6.33 Å². The smallest absolute Gasteiger partial charge is 0.303 e. The molecule has 0 aliphatic carbocycles. The van der Waals surface area contributed by atoms with Crippen molar-refractivity contribution in [2.75, 3.05) is 18.0 Å². The number of carboxylic acid groups (broad SMARTS) is 1. The van der Waals surface area contributed by atoms with Gasteiger partial charge in [-0.05, 0) is 25.2 Å². The Morgan fingerprint density at radius 3 is 3.25 bits per heavy atom. The van der Waals surface area contributed by atoms with Gasteiger partial charge in [0.1, 0.15) is 6.33 Å². The van der Waals surface area contributed by atoms with E-state index in [2.05, 4.69) is 14.3 Å². The Kier molecular flexibility index (Phi) is 3.71. The number of aromatic nitrogens is 2. The highest BCUT2D eigenvalue weighted by Crippen LogP contribution is 2.25. The number of rotatable bonds is 4. The van der Waals surface area contributed by atoms with E-state index in [1.54, 1.807) is 6.33 Å². The molecule has 1 saturated heterocycles. The van der Waals surface area contributed by atoms with Gasteiger partial charge in [-0.15, -0.1) is 0 Å². The first-order chi connectivity index (χ1) is 7.75. The first-order valence-corrected chi connectivity index (χ1v) is 6.26. The maximum atomic E-state index is 10.5. The van der Waals surface area contributed by atoms with Crippen molar-refractivity contribution in [1.29, 1.82) is 0 Å². The molecule has 88 valence electrons. The molecule has 2 heterocycles. The van der Waals surface area contributed by atoms with Crippen LogP contribution in [0.3, 0.4) is 0 Å². The number of anilines is 1. The van der Waals surface area contributed by atoms with E-state index in [9.17, 15) is 4.79 Å². The Morgan fingerprint density at radius 1 is 1.69 bits per heavy atom. The normalized spacial score (nSPS) is 21.0. The van der Waals surface area contributed by atoms with Crippen LogP contribution in [0.1, 0.15) is 25.7 Å². The number of hydrogen-bond donors (Lipinski definition) is 1. The highest BCUT2D eigenvalue weighted by molar-refractivity contribution is 7.09. The average molecular weight is 241 g/mol. The van der Waals surface area contributed by atoms with Crippen molar-refractivity contribution >= 4 is 22.6 Å². The van der Waals surface area contributed by atoms with Crippen LogP contribution in [0.5, 0.6) is 0 Å². The summed E-state index contributed by atoms with van der Waals surface area (Å²) in [6.07, 6.45) is 4.85. The van der Waals surface area contributed by atoms with Crippen LogP contribution in [0, 0.1) is 5.92 Å². The van der Waals surface area contributed by atoms with Gasteiger partial charge in [0.25, 0.3) is 0 Å². The van der Waals surface area contributed by atoms with Crippen molar-refractivity contribution in [3.8, 4) is 0 Å². The molecule has 1 fully saturated rings. The number of piperidine rings is 1. The van der Waals surface area contributed by atoms with Crippen molar-refractivity contribution < 1.29 is 9.90 Å². The van der Waals surface area contributed by atoms with E-state index in [0.29, 0.717) is 5.92 Å². The van der Waals surface area contributed by atoms with Gasteiger partial charge in [-0.2, -0.15) is 4.37 Å². The molecule has 16 heavy (non-hydrogen) atoms. The maximum absolute atomic E-state index is 10.5. The molecule has 2 rings (SSSR count). The fourth-order valence-electron chi connectivity index (χ4n) is 2.11. The van der Waals surface area contributed by atoms with E-state index >= 15 is 0 Å². The van der Waals surface area contributed by atoms with Gasteiger partial charge in [-0.25, -0.2) is 4.98 Å². The van der Waals surface area contributed by atoms with Gasteiger partial charge < -0.3 is 10.0 Å². The number of nitrogens with zero attached hydrogens (tertiary/aromatic N) is 3. The third-order valence-electron chi connectivity index (χ3n) is 2.91. The van der Waals surface area contributed by atoms with Crippen molar-refractivity contribution in [3.63, 3.8) is 0 Å². The summed E-state index contributed by atoms with van der Waals surface area (Å²) >= 11 is 1.40. The van der Waals surface area contributed by atoms with Gasteiger partial charge in [0.2, 0.25) is 5.13 Å². The zero-order chi connectivity index (χ0) is 11.4. The molecule has 5 nitrogen and oxygen atoms in total. The predicted molar refractivity (Wildman–Crippen MR) is 61.7 cm³/mol. The monoisotopic (exact) mass is 241 g/mol. The van der Waals surface area contributed by atoms with Gasteiger partial charge in [0.15, 0.2) is 0 Å². The number of carboxylic acids is 1. The lowest BCUT2D eigenvalue weighted by Gasteiger charge is -2.31. The van der Waals surface area contributed by atoms with Gasteiger partial charge in [0, 0.05) is 31.0 Å². The molecule has 1 aliphatic rings. The van der Waals surface area contributed by atoms with Crippen molar-refractivity contribution in [1.82, 2.24) is 9.36 Å². The molecule has 1 aromatic heterocycles. The lowest BCUT2D eigenvalue weighted by molar-refractivity contribution is -0.137. The Labute approximate surface area is 98.3 Å². The van der Waals surface area contributed by atoms with Crippen LogP contribution in [0.2, 0.25) is 0 Å². The van der Waals surface area contributed by atoms with Crippen LogP contribution in [0.4, 0.5) is 5.13 Å². The highest BCUT2D eigenvalue weighted by atomic mass is 32.1. The van der Waals surface area contributed by atoms with Crippen molar-refractivity contribution in [2.45, 2.75) is 25.7 Å². The Morgan fingerprint density at radius 2 is 2.56 bits per heavy atom. The van der Waals surface area contributed by atoms with Gasteiger partial charge in [-0.3, -0.25) is 4.79 Å². The lowest BCUT2D eigenvalue weighted by Crippen LogP contribution is -2.35. The summed E-state index contributed by atoms with van der Waals surface area (Å²) < 4.78 is 3.99. The molecule has 6 heteroatoms. The molecule has 0 radical (unpaired) electrons. The van der Waals surface area contributed by atoms with Crippen LogP contribution in [-0.4, -0.2) is 33.5 Å². The number of carbonyl (C=O) groups is 1. The molecular weight excluding hydrogens is 226 g/mol. The van der Waals surface area contributed by atoms with E-state index in [-0.39, 0.29) is 6.42 Å². The largest absolute Gasteiger partial charge is 0.481 e. The summed E-state index contributed by atoms with van der Waals surface area (Å²) in [5, 5.41) is 9.62. The zero-order valence-electron chi connectivity index (χ0n) is 9.00. The minimum Gasteiger partial charge on any atom is -0.481 e. The van der Waals surface area contributed by atoms with Crippen LogP contribution >= 0.6 is 11.5 Å². The molecule has 1 atom stereocenters. The minimum atomic E-state index is -0.701. The number of hydrogen-bond acceptors (Lipinski definition) is 5. The van der Waals surface area contributed by atoms with Crippen LogP contribution < -0.4 is 4.90 Å². The second-order valence-corrected chi connectivity index (χ2v) is 4.87. The fourth-order valence-corrected chi connectivity index (χ4v) is 2.67. The van der Waals surface area contributed by atoms with Crippen LogP contribution in [0.25, 0.3) is 0 Å². The first kappa shape index (κ1) is 11.3. The minimum absolute atomic E-state index is 0.272. The van der Waals surface area contributed by atoms with E-state index in [0.717, 1.165) is 37.5 Å². The Bertz CT molecular complexity index is 342. The Hall–Kier alpha value is -1.17. The molecule has 0 aromatic carbocycles. The summed E-state index contributed by atoms with van der Waals surface area (Å²) in [5.74, 6) is -0.221. The van der Waals surface area contributed by atoms with E-state index in [1.165, 1.54) is 11.5 Å². The second kappa shape index (κ2) is 5.25. The van der Waals surface area contributed by atoms with Gasteiger partial charge in [0.05, 0.1) is 0 Å². The van der Waals surface area contributed by atoms with Gasteiger partial charge >= 0.3 is 5.97 Å². The molecule has 1 aromatic rings. The quantitative estimate of drug-likeness (QED) is 0.867. The average Bonchev–Trinajstić information content (AvgIpc) is 2.80. The van der Waals surface area contributed by atoms with Crippen LogP contribution in [0.15, 0.2) is 6.33 Å². The lowest BCUT2D eigenvalue weighted by atomic mass is 9.94. The molecule has 0 amide bonds. The molecular formula is C10H15N3O2S. The zero-order valence-corrected chi connectivity index (χ0v) is 9.82. The molecule has 1 aliphatic heterocycles. The SMILES string of the molecule is O=C(O)CCC1CCCN(c2ncns2)C1. The predicted octanol–water partition coefficient (Wildman–Crippen LogP) is 1.62. The molecule has 0 saturated carbocycles. The van der Waals surface area contributed by atoms with Crippen molar-refractivity contribution in [2.24, 2.45) is 5.92 Å². The second-order valence-electron chi connectivity index (χ2n) is 4.11. The third kappa shape index (κ3) is 2.91. The summed E-state index contributed by atoms with van der Waals surface area (Å²) in [4.78, 5) is 16.9. The molecule has 1 N–H and O–H groups in total. The maximum Gasteiger partial charge on any atom is 0.303 e. The fraction of sp³-hybridized carbons (Fsp3) is 0.700. The summed E-state index contributed by atoms with van der Waals surface area (Å²) in [5.41, 5.74) is 0. The van der Waals surface area contributed by atoms with E-state index in [1.807, 2.05) is 0 Å². The first-order valence-electron chi connectivity index (χ1n) is 5.49. The van der Waals surface area contributed by atoms with Crippen LogP contribution in [-0.2, 0) is 4.79 Å². The summed E-state index contributed by atoms with van der Waals surface area (Å²) in [6, 6.07) is 0. The highest BCUT2D eigenvalue weighted by Gasteiger charge is 2.22. The molecule has 0 bridgehead atoms. The summed E-state index contributed by atoms with van der Waals surface area (Å²) in [7, 11) is 0. The van der Waals surface area contributed by atoms with E-state index < -0.39 is 5.97 Å². The molecule has 1 unspecified atom stereocenters. The third-order valence-corrected chi connectivity index (χ3v) is 3.63.